The van der Waals surface area contributed by atoms with E-state index in [2.05, 4.69) is 59.8 Å². The Hall–Kier alpha value is -4.43. The van der Waals surface area contributed by atoms with Gasteiger partial charge in [-0.2, -0.15) is 5.10 Å². The van der Waals surface area contributed by atoms with Crippen molar-refractivity contribution in [2.24, 2.45) is 0 Å². The van der Waals surface area contributed by atoms with Gasteiger partial charge in [0.25, 0.3) is 0 Å². The quantitative estimate of drug-likeness (QED) is 0.363. The van der Waals surface area contributed by atoms with Gasteiger partial charge in [0.1, 0.15) is 11.2 Å². The van der Waals surface area contributed by atoms with Crippen LogP contribution in [-0.4, -0.2) is 53.1 Å². The van der Waals surface area contributed by atoms with Gasteiger partial charge in [-0.1, -0.05) is 19.1 Å². The lowest BCUT2D eigenvalue weighted by molar-refractivity contribution is 0.220. The van der Waals surface area contributed by atoms with Gasteiger partial charge in [-0.25, -0.2) is 4.98 Å². The number of nitrogens with zero attached hydrogens (tertiary/aromatic N) is 6. The average molecular weight is 503 g/mol. The van der Waals surface area contributed by atoms with Crippen LogP contribution in [-0.2, 0) is 6.54 Å². The van der Waals surface area contributed by atoms with Crippen LogP contribution in [0.3, 0.4) is 0 Å². The number of rotatable bonds is 6. The molecule has 0 aromatic carbocycles. The van der Waals surface area contributed by atoms with E-state index in [1.807, 2.05) is 37.5 Å². The van der Waals surface area contributed by atoms with Gasteiger partial charge in [0.05, 0.1) is 16.6 Å². The van der Waals surface area contributed by atoms with E-state index in [1.54, 1.807) is 18.6 Å². The first kappa shape index (κ1) is 23.9. The zero-order chi connectivity index (χ0) is 25.9. The lowest BCUT2D eigenvalue weighted by atomic mass is 10.0. The molecule has 190 valence electrons. The predicted octanol–water partition coefficient (Wildman–Crippen LogP) is 4.09. The number of hydrogen-bond donors (Lipinski definition) is 2. The molecule has 8 heteroatoms. The molecule has 2 N–H and O–H groups in total. The second kappa shape index (κ2) is 10.5. The van der Waals surface area contributed by atoms with Crippen LogP contribution in [0.5, 0.6) is 0 Å². The van der Waals surface area contributed by atoms with E-state index in [4.69, 9.17) is 4.98 Å². The Morgan fingerprint density at radius 2 is 1.95 bits per heavy atom. The third-order valence-corrected chi connectivity index (χ3v) is 7.04. The normalized spacial score (nSPS) is 15.4. The molecule has 0 saturated carbocycles. The molecule has 0 atom stereocenters. The van der Waals surface area contributed by atoms with Gasteiger partial charge in [0, 0.05) is 53.9 Å². The summed E-state index contributed by atoms with van der Waals surface area (Å²) in [5.74, 6) is 0.656. The number of allylic oxidation sites excluding steroid dienone is 2. The first-order valence-corrected chi connectivity index (χ1v) is 13.0. The molecule has 1 fully saturated rings. The Kier molecular flexibility index (Phi) is 6.62. The van der Waals surface area contributed by atoms with Crippen molar-refractivity contribution in [1.29, 1.82) is 0 Å². The number of H-pyrrole nitrogens is 2. The fourth-order valence-electron chi connectivity index (χ4n) is 5.08. The molecule has 6 heterocycles. The summed E-state index contributed by atoms with van der Waals surface area (Å²) in [5, 5.41) is 9.22. The fraction of sp³-hybridized carbons (Fsp3) is 0.233. The summed E-state index contributed by atoms with van der Waals surface area (Å²) in [6.45, 7) is 9.49. The van der Waals surface area contributed by atoms with Gasteiger partial charge < -0.3 is 4.98 Å². The summed E-state index contributed by atoms with van der Waals surface area (Å²) in [5.41, 5.74) is 7.41. The smallest absolute Gasteiger partial charge is 0.159 e. The molecule has 6 rings (SSSR count). The molecule has 38 heavy (non-hydrogen) atoms. The second-order valence-corrected chi connectivity index (χ2v) is 9.65. The summed E-state index contributed by atoms with van der Waals surface area (Å²) in [6.07, 6.45) is 17.3. The second-order valence-electron chi connectivity index (χ2n) is 9.65. The van der Waals surface area contributed by atoms with Crippen LogP contribution in [0.2, 0.25) is 0 Å². The van der Waals surface area contributed by atoms with Gasteiger partial charge in [-0.15, -0.1) is 0 Å². The SMILES string of the molecule is C=c1[nH]nc(-c2nc3c(-c4cccnc4)nccc3[nH]2)/c1=C/C(=C\C)c1cncc(CN2CCCCC2)c1. The standard InChI is InChI=1S/C30H30N8/c1-3-22(24-14-21(16-32-18-24)19-38-12-5-4-6-13-38)15-25-20(2)36-37-28(25)30-34-26-9-11-33-27(29(26)35-30)23-8-7-10-31-17-23/h3,7-11,14-18,36H,2,4-6,12-13,19H2,1H3,(H,34,35)/b22-3+,25-15+. The van der Waals surface area contributed by atoms with Gasteiger partial charge in [0.15, 0.2) is 5.82 Å². The highest BCUT2D eigenvalue weighted by molar-refractivity contribution is 5.92. The van der Waals surface area contributed by atoms with Gasteiger partial charge >= 0.3 is 0 Å². The molecule has 1 aliphatic rings. The molecule has 1 saturated heterocycles. The summed E-state index contributed by atoms with van der Waals surface area (Å²) in [6, 6.07) is 8.04. The maximum Gasteiger partial charge on any atom is 0.159 e. The van der Waals surface area contributed by atoms with Crippen LogP contribution in [0.15, 0.2) is 61.3 Å². The fourth-order valence-corrected chi connectivity index (χ4v) is 5.08. The minimum Gasteiger partial charge on any atom is -0.336 e. The van der Waals surface area contributed by atoms with Crippen LogP contribution in [0.4, 0.5) is 0 Å². The van der Waals surface area contributed by atoms with Crippen molar-refractivity contribution in [3.63, 3.8) is 0 Å². The van der Waals surface area contributed by atoms with Gasteiger partial charge in [0.2, 0.25) is 0 Å². The monoisotopic (exact) mass is 502 g/mol. The lowest BCUT2D eigenvalue weighted by Crippen LogP contribution is -2.29. The molecular formula is C30H30N8. The first-order valence-electron chi connectivity index (χ1n) is 13.0. The van der Waals surface area contributed by atoms with E-state index in [0.717, 1.165) is 63.6 Å². The number of imidazole rings is 1. The van der Waals surface area contributed by atoms with Crippen molar-refractivity contribution < 1.29 is 0 Å². The van der Waals surface area contributed by atoms with Crippen LogP contribution in [0.25, 0.3) is 52.0 Å². The molecule has 0 bridgehead atoms. The van der Waals surface area contributed by atoms with Crippen molar-refractivity contribution in [1.82, 2.24) is 40.0 Å². The maximum absolute atomic E-state index is 4.90. The van der Waals surface area contributed by atoms with Crippen LogP contribution in [0.1, 0.15) is 37.3 Å². The molecule has 0 spiro atoms. The Morgan fingerprint density at radius 1 is 1.05 bits per heavy atom. The lowest BCUT2D eigenvalue weighted by Gasteiger charge is -2.26. The topological polar surface area (TPSA) is 99.3 Å². The molecule has 1 aliphatic heterocycles. The van der Waals surface area contributed by atoms with Crippen LogP contribution < -0.4 is 10.6 Å². The molecule has 5 aromatic rings. The maximum atomic E-state index is 4.90. The van der Waals surface area contributed by atoms with E-state index >= 15 is 0 Å². The van der Waals surface area contributed by atoms with Crippen LogP contribution >= 0.6 is 0 Å². The minimum absolute atomic E-state index is 0.656. The number of hydrogen-bond acceptors (Lipinski definition) is 6. The molecule has 5 aromatic heterocycles. The van der Waals surface area contributed by atoms with E-state index < -0.39 is 0 Å². The highest BCUT2D eigenvalue weighted by atomic mass is 15.1. The molecule has 0 aliphatic carbocycles. The number of aromatic amines is 2. The first-order chi connectivity index (χ1) is 18.7. The van der Waals surface area contributed by atoms with Crippen molar-refractivity contribution in [3.8, 4) is 22.8 Å². The highest BCUT2D eigenvalue weighted by Gasteiger charge is 2.15. The number of piperidine rings is 1. The Balaban J connectivity index is 1.37. The van der Waals surface area contributed by atoms with Crippen LogP contribution in [0, 0.1) is 0 Å². The number of likely N-dealkylation sites (tertiary alicyclic amines) is 1. The molecule has 0 amide bonds. The van der Waals surface area contributed by atoms with E-state index in [0.29, 0.717) is 11.5 Å². The number of nitrogens with one attached hydrogen (secondary N) is 2. The highest BCUT2D eigenvalue weighted by Crippen LogP contribution is 2.26. The summed E-state index contributed by atoms with van der Waals surface area (Å²) < 4.78 is 0. The van der Waals surface area contributed by atoms with Gasteiger partial charge in [-0.3, -0.25) is 25.0 Å². The van der Waals surface area contributed by atoms with E-state index in [1.165, 1.54) is 24.8 Å². The van der Waals surface area contributed by atoms with Crippen molar-refractivity contribution in [2.75, 3.05) is 13.1 Å². The number of pyridine rings is 3. The Labute approximate surface area is 220 Å². The van der Waals surface area contributed by atoms with E-state index in [9.17, 15) is 0 Å². The number of fused-ring (bicyclic) bond motifs is 1. The summed E-state index contributed by atoms with van der Waals surface area (Å²) >= 11 is 0. The molecule has 0 unspecified atom stereocenters. The molecular weight excluding hydrogens is 472 g/mol. The predicted molar refractivity (Wildman–Crippen MR) is 151 cm³/mol. The third kappa shape index (κ3) is 4.78. The third-order valence-electron chi connectivity index (χ3n) is 7.04. The minimum atomic E-state index is 0.656. The average Bonchev–Trinajstić information content (AvgIpc) is 3.56. The number of aromatic nitrogens is 7. The zero-order valence-electron chi connectivity index (χ0n) is 21.5. The van der Waals surface area contributed by atoms with Gasteiger partial charge in [-0.05, 0) is 74.3 Å². The van der Waals surface area contributed by atoms with E-state index in [-0.39, 0.29) is 0 Å². The molecule has 8 nitrogen and oxygen atoms in total. The van der Waals surface area contributed by atoms with Crippen molar-refractivity contribution >= 4 is 29.3 Å². The van der Waals surface area contributed by atoms with Crippen molar-refractivity contribution in [3.05, 3.63) is 83.0 Å². The Morgan fingerprint density at radius 3 is 2.76 bits per heavy atom. The summed E-state index contributed by atoms with van der Waals surface area (Å²) in [4.78, 5) is 24.2. The Bertz CT molecular complexity index is 1710. The molecule has 0 radical (unpaired) electrons. The zero-order valence-corrected chi connectivity index (χ0v) is 21.5. The summed E-state index contributed by atoms with van der Waals surface area (Å²) in [7, 11) is 0. The largest absolute Gasteiger partial charge is 0.336 e. The van der Waals surface area contributed by atoms with Crippen molar-refractivity contribution in [2.45, 2.75) is 32.7 Å².